The third-order valence-electron chi connectivity index (χ3n) is 2.59. The monoisotopic (exact) mass is 206 g/mol. The molecule has 2 N–H and O–H groups in total. The standard InChI is InChI=1S/C11H14N2O2/c1-2-15-11(14)10-5-3-7-8(12)4-6-9(7)13-10/h3,5,8H,2,4,6,12H2,1H3. The van der Waals surface area contributed by atoms with Crippen LogP contribution in [0, 0.1) is 0 Å². The Balaban J connectivity index is 2.27. The van der Waals surface area contributed by atoms with Crippen LogP contribution < -0.4 is 5.73 Å². The van der Waals surface area contributed by atoms with E-state index in [1.807, 2.05) is 6.07 Å². The Morgan fingerprint density at radius 2 is 2.47 bits per heavy atom. The van der Waals surface area contributed by atoms with Crippen molar-refractivity contribution in [2.45, 2.75) is 25.8 Å². The number of rotatable bonds is 2. The molecule has 0 fully saturated rings. The van der Waals surface area contributed by atoms with E-state index in [1.165, 1.54) is 0 Å². The molecular formula is C11H14N2O2. The molecule has 0 spiro atoms. The predicted molar refractivity (Wildman–Crippen MR) is 55.4 cm³/mol. The molecule has 2 rings (SSSR count). The highest BCUT2D eigenvalue weighted by molar-refractivity contribution is 5.87. The van der Waals surface area contributed by atoms with Crippen molar-refractivity contribution in [3.05, 3.63) is 29.1 Å². The number of carbonyl (C=O) groups excluding carboxylic acids is 1. The van der Waals surface area contributed by atoms with Gasteiger partial charge in [-0.1, -0.05) is 6.07 Å². The van der Waals surface area contributed by atoms with E-state index in [0.29, 0.717) is 12.3 Å². The Morgan fingerprint density at radius 3 is 3.20 bits per heavy atom. The Labute approximate surface area is 88.4 Å². The average Bonchev–Trinajstić information content (AvgIpc) is 2.60. The fourth-order valence-electron chi connectivity index (χ4n) is 1.82. The maximum Gasteiger partial charge on any atom is 0.356 e. The van der Waals surface area contributed by atoms with Crippen LogP contribution in [-0.4, -0.2) is 17.6 Å². The van der Waals surface area contributed by atoms with Gasteiger partial charge in [-0.3, -0.25) is 0 Å². The van der Waals surface area contributed by atoms with Crippen LogP contribution in [0.1, 0.15) is 41.1 Å². The minimum Gasteiger partial charge on any atom is -0.461 e. The van der Waals surface area contributed by atoms with E-state index in [9.17, 15) is 4.79 Å². The number of ether oxygens (including phenoxy) is 1. The van der Waals surface area contributed by atoms with Crippen molar-refractivity contribution in [3.63, 3.8) is 0 Å². The molecule has 1 aromatic rings. The van der Waals surface area contributed by atoms with Gasteiger partial charge in [-0.15, -0.1) is 0 Å². The molecule has 4 heteroatoms. The van der Waals surface area contributed by atoms with Crippen molar-refractivity contribution in [1.29, 1.82) is 0 Å². The van der Waals surface area contributed by atoms with Gasteiger partial charge in [-0.25, -0.2) is 9.78 Å². The largest absolute Gasteiger partial charge is 0.461 e. The van der Waals surface area contributed by atoms with Crippen molar-refractivity contribution in [2.75, 3.05) is 6.61 Å². The van der Waals surface area contributed by atoms with Crippen molar-refractivity contribution in [3.8, 4) is 0 Å². The minimum atomic E-state index is -0.360. The zero-order valence-electron chi connectivity index (χ0n) is 8.69. The molecule has 15 heavy (non-hydrogen) atoms. The average molecular weight is 206 g/mol. The van der Waals surface area contributed by atoms with Gasteiger partial charge in [0.15, 0.2) is 0 Å². The summed E-state index contributed by atoms with van der Waals surface area (Å²) in [5, 5.41) is 0. The number of esters is 1. The van der Waals surface area contributed by atoms with E-state index in [-0.39, 0.29) is 12.0 Å². The van der Waals surface area contributed by atoms with Crippen LogP contribution in [0.2, 0.25) is 0 Å². The number of hydrogen-bond donors (Lipinski definition) is 1. The van der Waals surface area contributed by atoms with E-state index in [1.54, 1.807) is 13.0 Å². The van der Waals surface area contributed by atoms with Crippen LogP contribution >= 0.6 is 0 Å². The van der Waals surface area contributed by atoms with E-state index in [4.69, 9.17) is 10.5 Å². The summed E-state index contributed by atoms with van der Waals surface area (Å²) in [6.45, 7) is 2.15. The highest BCUT2D eigenvalue weighted by Gasteiger charge is 2.21. The molecule has 0 radical (unpaired) electrons. The van der Waals surface area contributed by atoms with Crippen LogP contribution in [0.5, 0.6) is 0 Å². The second kappa shape index (κ2) is 3.98. The molecule has 1 atom stereocenters. The summed E-state index contributed by atoms with van der Waals surface area (Å²) in [4.78, 5) is 15.7. The van der Waals surface area contributed by atoms with Gasteiger partial charge in [0.05, 0.1) is 6.61 Å². The van der Waals surface area contributed by atoms with E-state index >= 15 is 0 Å². The third kappa shape index (κ3) is 1.85. The SMILES string of the molecule is CCOC(=O)c1ccc2c(n1)CCC2N. The first-order valence-electron chi connectivity index (χ1n) is 5.15. The molecule has 1 aliphatic rings. The van der Waals surface area contributed by atoms with Gasteiger partial charge in [0.2, 0.25) is 0 Å². The molecule has 1 heterocycles. The van der Waals surface area contributed by atoms with Gasteiger partial charge in [0.25, 0.3) is 0 Å². The van der Waals surface area contributed by atoms with E-state index in [2.05, 4.69) is 4.98 Å². The van der Waals surface area contributed by atoms with Crippen molar-refractivity contribution >= 4 is 5.97 Å². The zero-order chi connectivity index (χ0) is 10.8. The normalized spacial score (nSPS) is 18.7. The van der Waals surface area contributed by atoms with Crippen molar-refractivity contribution in [1.82, 2.24) is 4.98 Å². The van der Waals surface area contributed by atoms with Crippen molar-refractivity contribution in [2.24, 2.45) is 5.73 Å². The predicted octanol–water partition coefficient (Wildman–Crippen LogP) is 1.20. The molecule has 0 bridgehead atoms. The number of fused-ring (bicyclic) bond motifs is 1. The molecule has 80 valence electrons. The first kappa shape index (κ1) is 10.1. The summed E-state index contributed by atoms with van der Waals surface area (Å²) in [5.74, 6) is -0.360. The number of pyridine rings is 1. The third-order valence-corrected chi connectivity index (χ3v) is 2.59. The lowest BCUT2D eigenvalue weighted by Crippen LogP contribution is -2.10. The van der Waals surface area contributed by atoms with E-state index < -0.39 is 0 Å². The number of aryl methyl sites for hydroxylation is 1. The summed E-state index contributed by atoms with van der Waals surface area (Å²) in [7, 11) is 0. The number of nitrogens with zero attached hydrogens (tertiary/aromatic N) is 1. The first-order valence-corrected chi connectivity index (χ1v) is 5.15. The van der Waals surface area contributed by atoms with Gasteiger partial charge in [-0.05, 0) is 31.4 Å². The number of hydrogen-bond acceptors (Lipinski definition) is 4. The summed E-state index contributed by atoms with van der Waals surface area (Å²) >= 11 is 0. The zero-order valence-corrected chi connectivity index (χ0v) is 8.69. The Kier molecular flexibility index (Phi) is 2.68. The van der Waals surface area contributed by atoms with Gasteiger partial charge in [0.1, 0.15) is 5.69 Å². The molecule has 1 unspecified atom stereocenters. The first-order chi connectivity index (χ1) is 7.22. The molecule has 0 amide bonds. The molecule has 1 aromatic heterocycles. The van der Waals surface area contributed by atoms with Crippen LogP contribution in [-0.2, 0) is 11.2 Å². The lowest BCUT2D eigenvalue weighted by atomic mass is 10.1. The van der Waals surface area contributed by atoms with Gasteiger partial charge < -0.3 is 10.5 Å². The van der Waals surface area contributed by atoms with Crippen LogP contribution in [0.4, 0.5) is 0 Å². The van der Waals surface area contributed by atoms with Gasteiger partial charge in [0, 0.05) is 11.7 Å². The fraction of sp³-hybridized carbons (Fsp3) is 0.455. The molecular weight excluding hydrogens is 192 g/mol. The molecule has 1 aliphatic carbocycles. The molecule has 0 aliphatic heterocycles. The smallest absolute Gasteiger partial charge is 0.356 e. The summed E-state index contributed by atoms with van der Waals surface area (Å²) < 4.78 is 4.88. The highest BCUT2D eigenvalue weighted by atomic mass is 16.5. The molecule has 0 aromatic carbocycles. The van der Waals surface area contributed by atoms with E-state index in [0.717, 1.165) is 24.1 Å². The second-order valence-electron chi connectivity index (χ2n) is 3.60. The Morgan fingerprint density at radius 1 is 1.67 bits per heavy atom. The lowest BCUT2D eigenvalue weighted by Gasteiger charge is -2.05. The molecule has 4 nitrogen and oxygen atoms in total. The Bertz CT molecular complexity index is 390. The summed E-state index contributed by atoms with van der Waals surface area (Å²) in [6, 6.07) is 3.64. The fourth-order valence-corrected chi connectivity index (χ4v) is 1.82. The number of carbonyl (C=O) groups is 1. The van der Waals surface area contributed by atoms with Crippen LogP contribution in [0.25, 0.3) is 0 Å². The summed E-state index contributed by atoms with van der Waals surface area (Å²) in [6.07, 6.45) is 1.76. The number of aromatic nitrogens is 1. The van der Waals surface area contributed by atoms with Gasteiger partial charge >= 0.3 is 5.97 Å². The quantitative estimate of drug-likeness (QED) is 0.738. The summed E-state index contributed by atoms with van der Waals surface area (Å²) in [5.41, 5.74) is 8.25. The minimum absolute atomic E-state index is 0.0729. The maximum absolute atomic E-state index is 11.4. The lowest BCUT2D eigenvalue weighted by molar-refractivity contribution is 0.0519. The van der Waals surface area contributed by atoms with Gasteiger partial charge in [-0.2, -0.15) is 0 Å². The second-order valence-corrected chi connectivity index (χ2v) is 3.60. The topological polar surface area (TPSA) is 65.2 Å². The molecule has 0 saturated heterocycles. The molecule has 0 saturated carbocycles. The maximum atomic E-state index is 11.4. The van der Waals surface area contributed by atoms with Crippen molar-refractivity contribution < 1.29 is 9.53 Å². The highest BCUT2D eigenvalue weighted by Crippen LogP contribution is 2.27. The number of nitrogens with two attached hydrogens (primary N) is 1. The van der Waals surface area contributed by atoms with Crippen LogP contribution in [0.15, 0.2) is 12.1 Å². The Hall–Kier alpha value is -1.42. The van der Waals surface area contributed by atoms with Crippen LogP contribution in [0.3, 0.4) is 0 Å².